The molecule has 5 heteroatoms. The minimum absolute atomic E-state index is 0.00000521. The third kappa shape index (κ3) is 5.85. The van der Waals surface area contributed by atoms with Crippen molar-refractivity contribution in [1.82, 2.24) is 10.2 Å². The van der Waals surface area contributed by atoms with Crippen LogP contribution in [0.2, 0.25) is 0 Å². The Morgan fingerprint density at radius 3 is 2.56 bits per heavy atom. The van der Waals surface area contributed by atoms with E-state index in [2.05, 4.69) is 44.3 Å². The van der Waals surface area contributed by atoms with E-state index in [-0.39, 0.29) is 36.2 Å². The van der Waals surface area contributed by atoms with Crippen LogP contribution in [0, 0.1) is 6.92 Å². The van der Waals surface area contributed by atoms with E-state index in [1.165, 1.54) is 11.1 Å². The van der Waals surface area contributed by atoms with E-state index in [1.54, 1.807) is 4.90 Å². The monoisotopic (exact) mass is 346 g/mol. The summed E-state index contributed by atoms with van der Waals surface area (Å²) in [5, 5.41) is 12.4. The zero-order valence-electron chi connectivity index (χ0n) is 15.5. The zero-order chi connectivity index (χ0) is 18.4. The van der Waals surface area contributed by atoms with Crippen LogP contribution in [0.5, 0.6) is 0 Å². The number of likely N-dealkylation sites (tertiary alicyclic amines) is 1. The van der Waals surface area contributed by atoms with Crippen molar-refractivity contribution in [3.63, 3.8) is 0 Å². The average molecular weight is 346 g/mol. The quantitative estimate of drug-likeness (QED) is 0.829. The summed E-state index contributed by atoms with van der Waals surface area (Å²) < 4.78 is 0. The molecule has 1 saturated heterocycles. The molecule has 0 unspecified atom stereocenters. The molecule has 1 aromatic rings. The SMILES string of the molecule is Cc1cccc(C(C)(C)CNC(=O)CCC(=O)N2CCC(O)CC2)c1. The van der Waals surface area contributed by atoms with Gasteiger partial charge in [0.05, 0.1) is 6.10 Å². The number of hydrogen-bond acceptors (Lipinski definition) is 3. The Balaban J connectivity index is 1.75. The van der Waals surface area contributed by atoms with Crippen LogP contribution in [0.1, 0.15) is 50.7 Å². The topological polar surface area (TPSA) is 69.6 Å². The van der Waals surface area contributed by atoms with Crippen LogP contribution >= 0.6 is 0 Å². The predicted molar refractivity (Wildman–Crippen MR) is 98.3 cm³/mol. The van der Waals surface area contributed by atoms with Crippen molar-refractivity contribution in [2.75, 3.05) is 19.6 Å². The molecule has 0 aliphatic carbocycles. The highest BCUT2D eigenvalue weighted by Crippen LogP contribution is 2.23. The second-order valence-corrected chi connectivity index (χ2v) is 7.64. The Kier molecular flexibility index (Phi) is 6.59. The van der Waals surface area contributed by atoms with E-state index >= 15 is 0 Å². The van der Waals surface area contributed by atoms with E-state index in [4.69, 9.17) is 0 Å². The highest BCUT2D eigenvalue weighted by Gasteiger charge is 2.23. The summed E-state index contributed by atoms with van der Waals surface area (Å²) >= 11 is 0. The van der Waals surface area contributed by atoms with Crippen molar-refractivity contribution in [3.8, 4) is 0 Å². The molecule has 1 heterocycles. The van der Waals surface area contributed by atoms with Crippen molar-refractivity contribution in [2.24, 2.45) is 0 Å². The molecule has 0 aromatic heterocycles. The maximum Gasteiger partial charge on any atom is 0.223 e. The summed E-state index contributed by atoms with van der Waals surface area (Å²) in [6.07, 6.45) is 1.40. The van der Waals surface area contributed by atoms with Crippen molar-refractivity contribution in [1.29, 1.82) is 0 Å². The number of nitrogens with one attached hydrogen (secondary N) is 1. The van der Waals surface area contributed by atoms with Gasteiger partial charge in [0.2, 0.25) is 11.8 Å². The molecule has 1 aromatic carbocycles. The van der Waals surface area contributed by atoms with Gasteiger partial charge in [0.1, 0.15) is 0 Å². The van der Waals surface area contributed by atoms with Crippen molar-refractivity contribution < 1.29 is 14.7 Å². The van der Waals surface area contributed by atoms with Gasteiger partial charge in [-0.2, -0.15) is 0 Å². The molecule has 0 saturated carbocycles. The highest BCUT2D eigenvalue weighted by molar-refractivity contribution is 5.83. The molecule has 2 rings (SSSR count). The van der Waals surface area contributed by atoms with Gasteiger partial charge >= 0.3 is 0 Å². The number of aryl methyl sites for hydroxylation is 1. The first-order chi connectivity index (χ1) is 11.8. The van der Waals surface area contributed by atoms with Crippen LogP contribution in [0.25, 0.3) is 0 Å². The molecule has 0 atom stereocenters. The lowest BCUT2D eigenvalue weighted by atomic mass is 9.84. The molecule has 25 heavy (non-hydrogen) atoms. The third-order valence-electron chi connectivity index (χ3n) is 4.91. The molecule has 1 aliphatic heterocycles. The molecule has 1 fully saturated rings. The summed E-state index contributed by atoms with van der Waals surface area (Å²) in [7, 11) is 0. The van der Waals surface area contributed by atoms with Gasteiger partial charge in [-0.1, -0.05) is 43.7 Å². The molecule has 2 N–H and O–H groups in total. The number of hydrogen-bond donors (Lipinski definition) is 2. The lowest BCUT2D eigenvalue weighted by Gasteiger charge is -2.29. The highest BCUT2D eigenvalue weighted by atomic mass is 16.3. The van der Waals surface area contributed by atoms with Crippen LogP contribution in [0.3, 0.4) is 0 Å². The second kappa shape index (κ2) is 8.48. The van der Waals surface area contributed by atoms with Crippen molar-refractivity contribution in [3.05, 3.63) is 35.4 Å². The molecule has 0 spiro atoms. The number of carbonyl (C=O) groups is 2. The minimum Gasteiger partial charge on any atom is -0.393 e. The number of rotatable bonds is 6. The first-order valence-corrected chi connectivity index (χ1v) is 9.07. The van der Waals surface area contributed by atoms with Gasteiger partial charge in [-0.15, -0.1) is 0 Å². The molecule has 1 aliphatic rings. The lowest BCUT2D eigenvalue weighted by Crippen LogP contribution is -2.41. The fourth-order valence-electron chi connectivity index (χ4n) is 3.07. The van der Waals surface area contributed by atoms with Crippen LogP contribution in [-0.4, -0.2) is 47.6 Å². The Morgan fingerprint density at radius 2 is 1.92 bits per heavy atom. The van der Waals surface area contributed by atoms with Gasteiger partial charge in [0.15, 0.2) is 0 Å². The Hall–Kier alpha value is -1.88. The molecular weight excluding hydrogens is 316 g/mol. The largest absolute Gasteiger partial charge is 0.393 e. The summed E-state index contributed by atoms with van der Waals surface area (Å²) in [6.45, 7) is 7.98. The van der Waals surface area contributed by atoms with Crippen LogP contribution < -0.4 is 5.32 Å². The molecule has 0 radical (unpaired) electrons. The van der Waals surface area contributed by atoms with Gasteiger partial charge in [0, 0.05) is 37.9 Å². The Bertz CT molecular complexity index is 605. The van der Waals surface area contributed by atoms with Gasteiger partial charge in [-0.3, -0.25) is 9.59 Å². The molecular formula is C20H30N2O3. The molecule has 0 bridgehead atoms. The number of nitrogens with zero attached hydrogens (tertiary/aromatic N) is 1. The van der Waals surface area contributed by atoms with E-state index in [9.17, 15) is 14.7 Å². The van der Waals surface area contributed by atoms with Crippen molar-refractivity contribution >= 4 is 11.8 Å². The van der Waals surface area contributed by atoms with E-state index in [1.807, 2.05) is 6.07 Å². The molecule has 5 nitrogen and oxygen atoms in total. The predicted octanol–water partition coefficient (Wildman–Crippen LogP) is 2.15. The number of amides is 2. The first kappa shape index (κ1) is 19.4. The van der Waals surface area contributed by atoms with Crippen molar-refractivity contribution in [2.45, 2.75) is 58.0 Å². The minimum atomic E-state index is -0.295. The fraction of sp³-hybridized carbons (Fsp3) is 0.600. The van der Waals surface area contributed by atoms with Crippen LogP contribution in [0.15, 0.2) is 24.3 Å². The second-order valence-electron chi connectivity index (χ2n) is 7.64. The summed E-state index contributed by atoms with van der Waals surface area (Å²) in [4.78, 5) is 26.0. The van der Waals surface area contributed by atoms with Gasteiger partial charge < -0.3 is 15.3 Å². The third-order valence-corrected chi connectivity index (χ3v) is 4.91. The zero-order valence-corrected chi connectivity index (χ0v) is 15.5. The van der Waals surface area contributed by atoms with Gasteiger partial charge in [0.25, 0.3) is 0 Å². The summed E-state index contributed by atoms with van der Waals surface area (Å²) in [5.74, 6) is -0.0916. The fourth-order valence-corrected chi connectivity index (χ4v) is 3.07. The molecule has 138 valence electrons. The number of aliphatic hydroxyl groups is 1. The number of benzene rings is 1. The summed E-state index contributed by atoms with van der Waals surface area (Å²) in [5.41, 5.74) is 2.24. The first-order valence-electron chi connectivity index (χ1n) is 9.07. The maximum atomic E-state index is 12.1. The normalized spacial score (nSPS) is 15.9. The maximum absolute atomic E-state index is 12.1. The molecule has 2 amide bonds. The standard InChI is InChI=1S/C20H30N2O3/c1-15-5-4-6-16(13-15)20(2,3)14-21-18(24)7-8-19(25)22-11-9-17(23)10-12-22/h4-6,13,17,23H,7-12,14H2,1-3H3,(H,21,24). The van der Waals surface area contributed by atoms with Crippen LogP contribution in [-0.2, 0) is 15.0 Å². The Morgan fingerprint density at radius 1 is 1.24 bits per heavy atom. The average Bonchev–Trinajstić information content (AvgIpc) is 2.58. The smallest absolute Gasteiger partial charge is 0.223 e. The van der Waals surface area contributed by atoms with Gasteiger partial charge in [-0.25, -0.2) is 0 Å². The lowest BCUT2D eigenvalue weighted by molar-refractivity contribution is -0.135. The number of piperidine rings is 1. The van der Waals surface area contributed by atoms with Crippen LogP contribution in [0.4, 0.5) is 0 Å². The van der Waals surface area contributed by atoms with E-state index in [0.29, 0.717) is 32.5 Å². The van der Waals surface area contributed by atoms with E-state index in [0.717, 1.165) is 0 Å². The number of carbonyl (C=O) groups excluding carboxylic acids is 2. The van der Waals surface area contributed by atoms with E-state index < -0.39 is 0 Å². The number of aliphatic hydroxyl groups excluding tert-OH is 1. The summed E-state index contributed by atoms with van der Waals surface area (Å²) in [6, 6.07) is 8.31. The Labute approximate surface area is 150 Å². The van der Waals surface area contributed by atoms with Gasteiger partial charge in [-0.05, 0) is 25.3 Å².